The highest BCUT2D eigenvalue weighted by atomic mass is 16.5. The number of hydrogen-bond donors (Lipinski definition) is 0. The van der Waals surface area contributed by atoms with Gasteiger partial charge in [0.05, 0.1) is 6.61 Å². The van der Waals surface area contributed by atoms with Crippen molar-refractivity contribution in [2.75, 3.05) is 26.2 Å². The fourth-order valence-corrected chi connectivity index (χ4v) is 2.99. The molecule has 7 nitrogen and oxygen atoms in total. The summed E-state index contributed by atoms with van der Waals surface area (Å²) >= 11 is 0. The van der Waals surface area contributed by atoms with Crippen molar-refractivity contribution >= 4 is 6.47 Å². The minimum atomic E-state index is 0.336. The Kier molecular flexibility index (Phi) is 5.90. The summed E-state index contributed by atoms with van der Waals surface area (Å²) in [7, 11) is 0. The number of unbranched alkanes of at least 4 members (excludes halogenated alkanes) is 1. The van der Waals surface area contributed by atoms with Crippen LogP contribution in [0.4, 0.5) is 0 Å². The third-order valence-corrected chi connectivity index (χ3v) is 4.37. The fourth-order valence-electron chi connectivity index (χ4n) is 2.99. The summed E-state index contributed by atoms with van der Waals surface area (Å²) in [4.78, 5) is 21.1. The SMILES string of the molecule is O=COCCCCN1CCC(c2nc(-c3ccncc3)no2)CC1. The Balaban J connectivity index is 1.45. The van der Waals surface area contributed by atoms with E-state index in [1.54, 1.807) is 12.4 Å². The lowest BCUT2D eigenvalue weighted by Gasteiger charge is -2.30. The first-order valence-corrected chi connectivity index (χ1v) is 8.38. The second-order valence-corrected chi connectivity index (χ2v) is 5.98. The number of hydrogen-bond acceptors (Lipinski definition) is 7. The maximum Gasteiger partial charge on any atom is 0.293 e. The molecule has 0 aliphatic carbocycles. The summed E-state index contributed by atoms with van der Waals surface area (Å²) < 4.78 is 10.2. The predicted molar refractivity (Wildman–Crippen MR) is 87.2 cm³/mol. The van der Waals surface area contributed by atoms with Gasteiger partial charge in [-0.25, -0.2) is 0 Å². The molecule has 2 aromatic rings. The number of carbonyl (C=O) groups excluding carboxylic acids is 1. The third kappa shape index (κ3) is 4.38. The average Bonchev–Trinajstić information content (AvgIpc) is 3.13. The highest BCUT2D eigenvalue weighted by Crippen LogP contribution is 2.28. The van der Waals surface area contributed by atoms with Crippen LogP contribution in [0.1, 0.15) is 37.5 Å². The summed E-state index contributed by atoms with van der Waals surface area (Å²) in [6.07, 6.45) is 7.47. The number of likely N-dealkylation sites (tertiary alicyclic amines) is 1. The molecule has 0 aromatic carbocycles. The van der Waals surface area contributed by atoms with E-state index in [1.165, 1.54) is 0 Å². The van der Waals surface area contributed by atoms with Crippen molar-refractivity contribution in [1.82, 2.24) is 20.0 Å². The molecule has 0 atom stereocenters. The molecule has 0 unspecified atom stereocenters. The maximum atomic E-state index is 10.1. The van der Waals surface area contributed by atoms with Gasteiger partial charge in [-0.2, -0.15) is 4.98 Å². The van der Waals surface area contributed by atoms with E-state index in [2.05, 4.69) is 20.0 Å². The average molecular weight is 330 g/mol. The molecule has 0 saturated carbocycles. The minimum Gasteiger partial charge on any atom is -0.468 e. The van der Waals surface area contributed by atoms with Crippen molar-refractivity contribution in [2.24, 2.45) is 0 Å². The van der Waals surface area contributed by atoms with Gasteiger partial charge in [0.15, 0.2) is 0 Å². The quantitative estimate of drug-likeness (QED) is 0.542. The van der Waals surface area contributed by atoms with Gasteiger partial charge in [0.25, 0.3) is 6.47 Å². The second kappa shape index (κ2) is 8.54. The molecule has 1 saturated heterocycles. The van der Waals surface area contributed by atoms with Gasteiger partial charge in [-0.1, -0.05) is 5.16 Å². The van der Waals surface area contributed by atoms with Crippen LogP contribution in [0.5, 0.6) is 0 Å². The van der Waals surface area contributed by atoms with Gasteiger partial charge in [-0.05, 0) is 57.5 Å². The summed E-state index contributed by atoms with van der Waals surface area (Å²) in [6, 6.07) is 3.76. The Morgan fingerprint density at radius 3 is 2.79 bits per heavy atom. The first-order valence-electron chi connectivity index (χ1n) is 8.38. The fraction of sp³-hybridized carbons (Fsp3) is 0.529. The first-order chi connectivity index (χ1) is 11.9. The molecule has 0 amide bonds. The number of aromatic nitrogens is 3. The van der Waals surface area contributed by atoms with E-state index in [-0.39, 0.29) is 0 Å². The molecule has 1 fully saturated rings. The maximum absolute atomic E-state index is 10.1. The molecule has 0 spiro atoms. The van der Waals surface area contributed by atoms with Crippen LogP contribution in [-0.4, -0.2) is 52.7 Å². The Hall–Kier alpha value is -2.28. The van der Waals surface area contributed by atoms with Crippen LogP contribution < -0.4 is 0 Å². The van der Waals surface area contributed by atoms with E-state index in [1.807, 2.05) is 12.1 Å². The zero-order valence-electron chi connectivity index (χ0n) is 13.6. The van der Waals surface area contributed by atoms with Gasteiger partial charge in [0.2, 0.25) is 11.7 Å². The molecule has 3 rings (SSSR count). The lowest BCUT2D eigenvalue weighted by Crippen LogP contribution is -2.33. The minimum absolute atomic E-state index is 0.336. The van der Waals surface area contributed by atoms with Crippen LogP contribution in [-0.2, 0) is 9.53 Å². The Morgan fingerprint density at radius 2 is 2.04 bits per heavy atom. The molecule has 0 bridgehead atoms. The van der Waals surface area contributed by atoms with E-state index in [0.29, 0.717) is 24.8 Å². The summed E-state index contributed by atoms with van der Waals surface area (Å²) in [5.41, 5.74) is 0.926. The number of piperidine rings is 1. The zero-order chi connectivity index (χ0) is 16.6. The van der Waals surface area contributed by atoms with Crippen molar-refractivity contribution in [1.29, 1.82) is 0 Å². The molecule has 7 heteroatoms. The summed E-state index contributed by atoms with van der Waals surface area (Å²) in [5.74, 6) is 1.70. The van der Waals surface area contributed by atoms with E-state index >= 15 is 0 Å². The second-order valence-electron chi connectivity index (χ2n) is 5.98. The number of nitrogens with zero attached hydrogens (tertiary/aromatic N) is 4. The molecule has 24 heavy (non-hydrogen) atoms. The van der Waals surface area contributed by atoms with Crippen molar-refractivity contribution in [3.8, 4) is 11.4 Å². The van der Waals surface area contributed by atoms with Crippen LogP contribution in [0.2, 0.25) is 0 Å². The number of carbonyl (C=O) groups is 1. The van der Waals surface area contributed by atoms with E-state index < -0.39 is 0 Å². The van der Waals surface area contributed by atoms with Crippen LogP contribution in [0.3, 0.4) is 0 Å². The van der Waals surface area contributed by atoms with Crippen molar-refractivity contribution in [3.63, 3.8) is 0 Å². The summed E-state index contributed by atoms with van der Waals surface area (Å²) in [5, 5.41) is 4.09. The first kappa shape index (κ1) is 16.6. The van der Waals surface area contributed by atoms with Gasteiger partial charge in [0.1, 0.15) is 0 Å². The molecule has 3 heterocycles. The molecule has 1 aliphatic rings. The van der Waals surface area contributed by atoms with E-state index in [9.17, 15) is 4.79 Å². The highest BCUT2D eigenvalue weighted by Gasteiger charge is 2.25. The third-order valence-electron chi connectivity index (χ3n) is 4.37. The number of ether oxygens (including phenoxy) is 1. The van der Waals surface area contributed by atoms with Gasteiger partial charge in [0, 0.05) is 23.9 Å². The molecule has 128 valence electrons. The lowest BCUT2D eigenvalue weighted by molar-refractivity contribution is -0.128. The van der Waals surface area contributed by atoms with Crippen LogP contribution in [0.25, 0.3) is 11.4 Å². The van der Waals surface area contributed by atoms with Crippen LogP contribution in [0.15, 0.2) is 29.0 Å². The van der Waals surface area contributed by atoms with Gasteiger partial charge in [-0.15, -0.1) is 0 Å². The normalized spacial score (nSPS) is 16.2. The summed E-state index contributed by atoms with van der Waals surface area (Å²) in [6.45, 7) is 4.13. The van der Waals surface area contributed by atoms with Crippen molar-refractivity contribution in [2.45, 2.75) is 31.6 Å². The number of rotatable bonds is 8. The van der Waals surface area contributed by atoms with Crippen molar-refractivity contribution in [3.05, 3.63) is 30.4 Å². The van der Waals surface area contributed by atoms with Crippen molar-refractivity contribution < 1.29 is 14.1 Å². The molecular formula is C17H22N4O3. The molecular weight excluding hydrogens is 308 g/mol. The van der Waals surface area contributed by atoms with E-state index in [4.69, 9.17) is 9.26 Å². The van der Waals surface area contributed by atoms with Crippen LogP contribution in [0, 0.1) is 0 Å². The van der Waals surface area contributed by atoms with Gasteiger partial charge < -0.3 is 14.2 Å². The lowest BCUT2D eigenvalue weighted by atomic mass is 9.96. The molecule has 0 radical (unpaired) electrons. The van der Waals surface area contributed by atoms with E-state index in [0.717, 1.165) is 56.8 Å². The smallest absolute Gasteiger partial charge is 0.293 e. The Morgan fingerprint density at radius 1 is 1.25 bits per heavy atom. The van der Waals surface area contributed by atoms with Crippen LogP contribution >= 0.6 is 0 Å². The monoisotopic (exact) mass is 330 g/mol. The Bertz CT molecular complexity index is 624. The van der Waals surface area contributed by atoms with Gasteiger partial charge in [-0.3, -0.25) is 9.78 Å². The zero-order valence-corrected chi connectivity index (χ0v) is 13.6. The molecule has 1 aliphatic heterocycles. The predicted octanol–water partition coefficient (Wildman–Crippen LogP) is 2.26. The topological polar surface area (TPSA) is 81.4 Å². The standard InChI is InChI=1S/C17H22N4O3/c22-13-23-12-2-1-9-21-10-5-15(6-11-21)17-19-16(20-24-17)14-3-7-18-8-4-14/h3-4,7-8,13,15H,1-2,5-6,9-12H2. The largest absolute Gasteiger partial charge is 0.468 e. The Labute approximate surface area is 141 Å². The highest BCUT2D eigenvalue weighted by molar-refractivity contribution is 5.52. The number of pyridine rings is 1. The molecule has 2 aromatic heterocycles. The molecule has 0 N–H and O–H groups in total. The van der Waals surface area contributed by atoms with Gasteiger partial charge >= 0.3 is 0 Å².